The van der Waals surface area contributed by atoms with Crippen molar-refractivity contribution in [3.05, 3.63) is 29.8 Å². The summed E-state index contributed by atoms with van der Waals surface area (Å²) >= 11 is 0. The highest BCUT2D eigenvalue weighted by Crippen LogP contribution is 2.24. The molecule has 5 nitrogen and oxygen atoms in total. The van der Waals surface area contributed by atoms with Crippen LogP contribution in [0.1, 0.15) is 32.3 Å². The van der Waals surface area contributed by atoms with Gasteiger partial charge < -0.3 is 20.1 Å². The van der Waals surface area contributed by atoms with Crippen LogP contribution < -0.4 is 15.4 Å². The van der Waals surface area contributed by atoms with E-state index in [1.807, 2.05) is 12.1 Å². The monoisotopic (exact) mass is 447 g/mol. The van der Waals surface area contributed by atoms with E-state index in [4.69, 9.17) is 9.47 Å². The Morgan fingerprint density at radius 1 is 1.29 bits per heavy atom. The summed E-state index contributed by atoms with van der Waals surface area (Å²) in [5, 5.41) is 6.68. The lowest BCUT2D eigenvalue weighted by Crippen LogP contribution is -2.40. The van der Waals surface area contributed by atoms with Crippen LogP contribution in [-0.4, -0.2) is 44.9 Å². The first kappa shape index (κ1) is 21.0. The summed E-state index contributed by atoms with van der Waals surface area (Å²) in [5.74, 6) is 1.75. The molecule has 24 heavy (non-hydrogen) atoms. The molecule has 0 saturated carbocycles. The summed E-state index contributed by atoms with van der Waals surface area (Å²) in [4.78, 5) is 4.68. The van der Waals surface area contributed by atoms with Gasteiger partial charge in [0, 0.05) is 19.7 Å². The highest BCUT2D eigenvalue weighted by atomic mass is 127. The smallest absolute Gasteiger partial charge is 0.191 e. The van der Waals surface area contributed by atoms with E-state index < -0.39 is 0 Å². The summed E-state index contributed by atoms with van der Waals surface area (Å²) in [5.41, 5.74) is 1.18. The van der Waals surface area contributed by atoms with E-state index in [1.165, 1.54) is 5.56 Å². The fourth-order valence-corrected chi connectivity index (χ4v) is 2.67. The number of methoxy groups -OCH3 is 1. The number of ether oxygens (including phenoxy) is 2. The molecule has 1 aliphatic heterocycles. The van der Waals surface area contributed by atoms with E-state index in [0.29, 0.717) is 6.54 Å². The van der Waals surface area contributed by atoms with Crippen molar-refractivity contribution in [1.82, 2.24) is 10.6 Å². The van der Waals surface area contributed by atoms with Crippen LogP contribution in [0.5, 0.6) is 5.75 Å². The maximum atomic E-state index is 5.79. The summed E-state index contributed by atoms with van der Waals surface area (Å²) in [6, 6.07) is 8.18. The lowest BCUT2D eigenvalue weighted by atomic mass is 10.0. The molecule has 2 rings (SSSR count). The molecule has 1 aromatic carbocycles. The van der Waals surface area contributed by atoms with Crippen LogP contribution in [0.4, 0.5) is 0 Å². The van der Waals surface area contributed by atoms with Crippen molar-refractivity contribution < 1.29 is 9.47 Å². The Kier molecular flexibility index (Phi) is 9.43. The summed E-state index contributed by atoms with van der Waals surface area (Å²) in [7, 11) is 1.68. The normalized spacial score (nSPS) is 20.4. The third kappa shape index (κ3) is 6.84. The van der Waals surface area contributed by atoms with Crippen LogP contribution in [0.25, 0.3) is 0 Å². The molecule has 1 fully saturated rings. The van der Waals surface area contributed by atoms with Crippen molar-refractivity contribution in [2.24, 2.45) is 4.99 Å². The Morgan fingerprint density at radius 3 is 2.62 bits per heavy atom. The van der Waals surface area contributed by atoms with Gasteiger partial charge in [-0.25, -0.2) is 0 Å². The molecule has 6 heteroatoms. The maximum Gasteiger partial charge on any atom is 0.191 e. The van der Waals surface area contributed by atoms with Gasteiger partial charge in [0.05, 0.1) is 19.3 Å². The fourth-order valence-electron chi connectivity index (χ4n) is 2.67. The van der Waals surface area contributed by atoms with Crippen LogP contribution >= 0.6 is 24.0 Å². The van der Waals surface area contributed by atoms with Gasteiger partial charge in [0.2, 0.25) is 0 Å². The number of hydrogen-bond acceptors (Lipinski definition) is 3. The van der Waals surface area contributed by atoms with Crippen LogP contribution in [0.2, 0.25) is 0 Å². The second kappa shape index (κ2) is 10.8. The molecule has 0 radical (unpaired) electrons. The number of nitrogens with one attached hydrogen (secondary N) is 2. The second-order valence-electron chi connectivity index (χ2n) is 6.12. The highest BCUT2D eigenvalue weighted by Gasteiger charge is 2.29. The standard InChI is InChI=1S/C18H29N3O2.HI/c1-4-19-17(21-14-18(2)11-5-13-23-18)20-12-10-15-6-8-16(22-3)9-7-15;/h6-9H,4-5,10-14H2,1-3H3,(H2,19,20,21);1H. The zero-order chi connectivity index (χ0) is 16.5. The molecule has 2 N–H and O–H groups in total. The lowest BCUT2D eigenvalue weighted by molar-refractivity contribution is 0.0283. The van der Waals surface area contributed by atoms with Crippen molar-refractivity contribution in [1.29, 1.82) is 0 Å². The molecule has 0 aromatic heterocycles. The Labute approximate surface area is 162 Å². The first-order chi connectivity index (χ1) is 11.1. The van der Waals surface area contributed by atoms with Crippen LogP contribution in [-0.2, 0) is 11.2 Å². The van der Waals surface area contributed by atoms with E-state index in [2.05, 4.69) is 41.6 Å². The van der Waals surface area contributed by atoms with Crippen LogP contribution in [0, 0.1) is 0 Å². The van der Waals surface area contributed by atoms with E-state index in [-0.39, 0.29) is 29.6 Å². The predicted octanol–water partition coefficient (Wildman–Crippen LogP) is 2.98. The number of nitrogens with zero attached hydrogens (tertiary/aromatic N) is 1. The highest BCUT2D eigenvalue weighted by molar-refractivity contribution is 14.0. The van der Waals surface area contributed by atoms with Gasteiger partial charge >= 0.3 is 0 Å². The molecule has 1 aromatic rings. The number of aliphatic imine (C=N–C) groups is 1. The molecular formula is C18H30IN3O2. The molecule has 1 atom stereocenters. The maximum absolute atomic E-state index is 5.79. The third-order valence-corrected chi connectivity index (χ3v) is 4.08. The van der Waals surface area contributed by atoms with Crippen LogP contribution in [0.3, 0.4) is 0 Å². The van der Waals surface area contributed by atoms with Crippen molar-refractivity contribution in [3.8, 4) is 5.75 Å². The average molecular weight is 447 g/mol. The molecular weight excluding hydrogens is 417 g/mol. The summed E-state index contributed by atoms with van der Waals surface area (Å²) in [6.45, 7) is 7.47. The first-order valence-corrected chi connectivity index (χ1v) is 8.44. The second-order valence-corrected chi connectivity index (χ2v) is 6.12. The third-order valence-electron chi connectivity index (χ3n) is 4.08. The zero-order valence-electron chi connectivity index (χ0n) is 14.9. The molecule has 0 aliphatic carbocycles. The van der Waals surface area contributed by atoms with Gasteiger partial charge in [-0.1, -0.05) is 12.1 Å². The molecule has 0 amide bonds. The predicted molar refractivity (Wildman–Crippen MR) is 110 cm³/mol. The molecule has 1 aliphatic rings. The Bertz CT molecular complexity index is 499. The average Bonchev–Trinajstić information content (AvgIpc) is 3.00. The van der Waals surface area contributed by atoms with Crippen molar-refractivity contribution in [2.45, 2.75) is 38.7 Å². The van der Waals surface area contributed by atoms with E-state index in [9.17, 15) is 0 Å². The van der Waals surface area contributed by atoms with Gasteiger partial charge in [-0.05, 0) is 50.8 Å². The first-order valence-electron chi connectivity index (χ1n) is 8.44. The minimum atomic E-state index is -0.0989. The summed E-state index contributed by atoms with van der Waals surface area (Å²) < 4.78 is 11.0. The van der Waals surface area contributed by atoms with E-state index in [1.54, 1.807) is 7.11 Å². The molecule has 1 unspecified atom stereocenters. The quantitative estimate of drug-likeness (QED) is 0.384. The van der Waals surface area contributed by atoms with Gasteiger partial charge in [-0.3, -0.25) is 4.99 Å². The number of guanidine groups is 1. The van der Waals surface area contributed by atoms with Gasteiger partial charge in [-0.2, -0.15) is 0 Å². The Hall–Kier alpha value is -1.02. The van der Waals surface area contributed by atoms with Crippen LogP contribution in [0.15, 0.2) is 29.3 Å². The molecule has 1 saturated heterocycles. The molecule has 136 valence electrons. The Morgan fingerprint density at radius 2 is 2.04 bits per heavy atom. The zero-order valence-corrected chi connectivity index (χ0v) is 17.3. The largest absolute Gasteiger partial charge is 0.497 e. The van der Waals surface area contributed by atoms with E-state index >= 15 is 0 Å². The number of hydrogen-bond donors (Lipinski definition) is 2. The van der Waals surface area contributed by atoms with Gasteiger partial charge in [0.25, 0.3) is 0 Å². The van der Waals surface area contributed by atoms with Gasteiger partial charge in [0.1, 0.15) is 5.75 Å². The fraction of sp³-hybridized carbons (Fsp3) is 0.611. The minimum absolute atomic E-state index is 0. The molecule has 0 spiro atoms. The molecule has 0 bridgehead atoms. The lowest BCUT2D eigenvalue weighted by Gasteiger charge is -2.21. The van der Waals surface area contributed by atoms with Gasteiger partial charge in [0.15, 0.2) is 5.96 Å². The molecule has 1 heterocycles. The summed E-state index contributed by atoms with van der Waals surface area (Å²) in [6.07, 6.45) is 3.16. The van der Waals surface area contributed by atoms with E-state index in [0.717, 1.165) is 50.7 Å². The number of benzene rings is 1. The van der Waals surface area contributed by atoms with Crippen molar-refractivity contribution in [3.63, 3.8) is 0 Å². The Balaban J connectivity index is 0.00000288. The van der Waals surface area contributed by atoms with Crippen molar-refractivity contribution in [2.75, 3.05) is 33.4 Å². The number of rotatable bonds is 7. The van der Waals surface area contributed by atoms with Gasteiger partial charge in [-0.15, -0.1) is 24.0 Å². The SMILES string of the molecule is CCNC(=NCC1(C)CCCO1)NCCc1ccc(OC)cc1.I. The number of halogens is 1. The minimum Gasteiger partial charge on any atom is -0.497 e. The topological polar surface area (TPSA) is 54.9 Å². The van der Waals surface area contributed by atoms with Crippen molar-refractivity contribution >= 4 is 29.9 Å².